The van der Waals surface area contributed by atoms with Gasteiger partial charge in [-0.2, -0.15) is 0 Å². The molecule has 1 aliphatic rings. The fourth-order valence-corrected chi connectivity index (χ4v) is 3.43. The molecule has 2 amide bonds. The van der Waals surface area contributed by atoms with Crippen molar-refractivity contribution < 1.29 is 9.59 Å². The predicted molar refractivity (Wildman–Crippen MR) is 111 cm³/mol. The van der Waals surface area contributed by atoms with Crippen LogP contribution in [0.5, 0.6) is 0 Å². The predicted octanol–water partition coefficient (Wildman–Crippen LogP) is 4.52. The van der Waals surface area contributed by atoms with Crippen LogP contribution in [0.1, 0.15) is 30.9 Å². The van der Waals surface area contributed by atoms with Gasteiger partial charge in [-0.25, -0.2) is 0 Å². The van der Waals surface area contributed by atoms with Crippen molar-refractivity contribution in [1.29, 1.82) is 0 Å². The maximum atomic E-state index is 12.5. The van der Waals surface area contributed by atoms with Crippen LogP contribution >= 0.6 is 11.6 Å². The number of benzene rings is 2. The number of hydrogen-bond acceptors (Lipinski definition) is 3. The zero-order chi connectivity index (χ0) is 19.6. The highest BCUT2D eigenvalue weighted by Crippen LogP contribution is 2.32. The number of aryl methyl sites for hydroxylation is 2. The van der Waals surface area contributed by atoms with Crippen molar-refractivity contribution in [2.45, 2.75) is 39.7 Å². The number of carbonyl (C=O) groups is 2. The van der Waals surface area contributed by atoms with E-state index in [1.165, 1.54) is 0 Å². The first-order valence-corrected chi connectivity index (χ1v) is 9.47. The van der Waals surface area contributed by atoms with Crippen molar-refractivity contribution >= 4 is 40.5 Å². The summed E-state index contributed by atoms with van der Waals surface area (Å²) in [7, 11) is 0. The first-order valence-electron chi connectivity index (χ1n) is 9.09. The van der Waals surface area contributed by atoms with Gasteiger partial charge in [0, 0.05) is 24.3 Å². The van der Waals surface area contributed by atoms with Gasteiger partial charge in [0.2, 0.25) is 11.8 Å². The van der Waals surface area contributed by atoms with Crippen LogP contribution in [-0.4, -0.2) is 24.4 Å². The lowest BCUT2D eigenvalue weighted by atomic mass is 10.1. The number of nitrogens with one attached hydrogen (secondary N) is 2. The molecule has 6 heteroatoms. The highest BCUT2D eigenvalue weighted by molar-refractivity contribution is 6.34. The smallest absolute Gasteiger partial charge is 0.246 e. The van der Waals surface area contributed by atoms with E-state index < -0.39 is 6.04 Å². The molecular weight excluding hydrogens is 362 g/mol. The summed E-state index contributed by atoms with van der Waals surface area (Å²) >= 11 is 6.37. The quantitative estimate of drug-likeness (QED) is 0.795. The average Bonchev–Trinajstić information content (AvgIpc) is 3.04. The first-order chi connectivity index (χ1) is 12.8. The molecule has 0 aliphatic carbocycles. The molecule has 1 aliphatic heterocycles. The van der Waals surface area contributed by atoms with Crippen molar-refractivity contribution in [2.24, 2.45) is 0 Å². The molecule has 2 N–H and O–H groups in total. The van der Waals surface area contributed by atoms with Gasteiger partial charge in [0.05, 0.1) is 10.7 Å². The number of halogens is 1. The van der Waals surface area contributed by atoms with Gasteiger partial charge in [-0.3, -0.25) is 9.59 Å². The van der Waals surface area contributed by atoms with E-state index in [0.717, 1.165) is 34.6 Å². The molecule has 27 heavy (non-hydrogen) atoms. The lowest BCUT2D eigenvalue weighted by molar-refractivity contribution is -0.117. The second-order valence-corrected chi connectivity index (χ2v) is 7.40. The van der Waals surface area contributed by atoms with Gasteiger partial charge < -0.3 is 15.5 Å². The van der Waals surface area contributed by atoms with E-state index >= 15 is 0 Å². The minimum atomic E-state index is -0.444. The molecule has 2 aromatic rings. The maximum absolute atomic E-state index is 12.5. The average molecular weight is 386 g/mol. The second kappa shape index (κ2) is 8.01. The molecular formula is C21H24ClN3O2. The topological polar surface area (TPSA) is 61.4 Å². The number of hydrogen-bond donors (Lipinski definition) is 2. The summed E-state index contributed by atoms with van der Waals surface area (Å²) in [4.78, 5) is 26.1. The molecule has 1 unspecified atom stereocenters. The van der Waals surface area contributed by atoms with Crippen molar-refractivity contribution in [3.63, 3.8) is 0 Å². The molecule has 0 bridgehead atoms. The highest BCUT2D eigenvalue weighted by Gasteiger charge is 2.24. The Kier molecular flexibility index (Phi) is 5.71. The number of nitrogens with zero attached hydrogens (tertiary/aromatic N) is 1. The van der Waals surface area contributed by atoms with Gasteiger partial charge in [-0.15, -0.1) is 0 Å². The molecule has 1 saturated heterocycles. The number of amides is 2. The molecule has 5 nitrogen and oxygen atoms in total. The molecule has 0 saturated carbocycles. The normalized spacial score (nSPS) is 15.0. The summed E-state index contributed by atoms with van der Waals surface area (Å²) < 4.78 is 0. The lowest BCUT2D eigenvalue weighted by Crippen LogP contribution is -2.32. The first kappa shape index (κ1) is 19.2. The SMILES string of the molecule is Cc1ccc(C)c(NC(=O)C(C)Nc2ccc(N3CCCC3=O)c(Cl)c2)c1. The van der Waals surface area contributed by atoms with E-state index in [2.05, 4.69) is 10.6 Å². The fourth-order valence-electron chi connectivity index (χ4n) is 3.15. The molecule has 142 valence electrons. The third kappa shape index (κ3) is 4.42. The molecule has 1 atom stereocenters. The van der Waals surface area contributed by atoms with Crippen molar-refractivity contribution in [3.8, 4) is 0 Å². The van der Waals surface area contributed by atoms with Crippen LogP contribution in [0.3, 0.4) is 0 Å². The minimum Gasteiger partial charge on any atom is -0.374 e. The zero-order valence-electron chi connectivity index (χ0n) is 15.8. The molecule has 0 aromatic heterocycles. The summed E-state index contributed by atoms with van der Waals surface area (Å²) in [5.74, 6) is -0.0301. The van der Waals surface area contributed by atoms with Gasteiger partial charge in [-0.05, 0) is 62.6 Å². The Hall–Kier alpha value is -2.53. The Labute approximate surface area is 164 Å². The van der Waals surface area contributed by atoms with E-state index in [1.807, 2.05) is 44.2 Å². The van der Waals surface area contributed by atoms with Crippen LogP contribution in [0.4, 0.5) is 17.1 Å². The summed E-state index contributed by atoms with van der Waals surface area (Å²) in [5, 5.41) is 6.62. The van der Waals surface area contributed by atoms with E-state index in [0.29, 0.717) is 18.0 Å². The number of carbonyl (C=O) groups excluding carboxylic acids is 2. The molecule has 0 spiro atoms. The van der Waals surface area contributed by atoms with Gasteiger partial charge >= 0.3 is 0 Å². The Morgan fingerprint density at radius 2 is 1.96 bits per heavy atom. The third-order valence-corrected chi connectivity index (χ3v) is 5.04. The Balaban J connectivity index is 1.67. The summed E-state index contributed by atoms with van der Waals surface area (Å²) in [6.45, 7) is 6.45. The monoisotopic (exact) mass is 385 g/mol. The molecule has 2 aromatic carbocycles. The van der Waals surface area contributed by atoms with Crippen LogP contribution in [-0.2, 0) is 9.59 Å². The van der Waals surface area contributed by atoms with Crippen LogP contribution in [0.2, 0.25) is 5.02 Å². The zero-order valence-corrected chi connectivity index (χ0v) is 16.6. The Bertz CT molecular complexity index is 882. The van der Waals surface area contributed by atoms with Crippen molar-refractivity contribution in [2.75, 3.05) is 22.1 Å². The molecule has 1 fully saturated rings. The second-order valence-electron chi connectivity index (χ2n) is 6.99. The Morgan fingerprint density at radius 3 is 2.63 bits per heavy atom. The number of anilines is 3. The van der Waals surface area contributed by atoms with E-state index in [-0.39, 0.29) is 11.8 Å². The van der Waals surface area contributed by atoms with Crippen molar-refractivity contribution in [3.05, 3.63) is 52.5 Å². The fraction of sp³-hybridized carbons (Fsp3) is 0.333. The highest BCUT2D eigenvalue weighted by atomic mass is 35.5. The van der Waals surface area contributed by atoms with Gasteiger partial charge in [0.1, 0.15) is 6.04 Å². The van der Waals surface area contributed by atoms with Crippen LogP contribution in [0.15, 0.2) is 36.4 Å². The van der Waals surface area contributed by atoms with E-state index in [1.54, 1.807) is 17.9 Å². The van der Waals surface area contributed by atoms with Crippen LogP contribution in [0, 0.1) is 13.8 Å². The molecule has 0 radical (unpaired) electrons. The van der Waals surface area contributed by atoms with Gasteiger partial charge in [-0.1, -0.05) is 23.7 Å². The number of rotatable bonds is 5. The van der Waals surface area contributed by atoms with Gasteiger partial charge in [0.15, 0.2) is 0 Å². The maximum Gasteiger partial charge on any atom is 0.246 e. The third-order valence-electron chi connectivity index (χ3n) is 4.74. The van der Waals surface area contributed by atoms with Crippen molar-refractivity contribution in [1.82, 2.24) is 0 Å². The van der Waals surface area contributed by atoms with Gasteiger partial charge in [0.25, 0.3) is 0 Å². The molecule has 1 heterocycles. The largest absolute Gasteiger partial charge is 0.374 e. The van der Waals surface area contributed by atoms with E-state index in [9.17, 15) is 9.59 Å². The Morgan fingerprint density at radius 1 is 1.19 bits per heavy atom. The summed E-state index contributed by atoms with van der Waals surface area (Å²) in [5.41, 5.74) is 4.38. The lowest BCUT2D eigenvalue weighted by Gasteiger charge is -2.20. The molecule has 3 rings (SSSR count). The van der Waals surface area contributed by atoms with Crippen LogP contribution < -0.4 is 15.5 Å². The van der Waals surface area contributed by atoms with E-state index in [4.69, 9.17) is 11.6 Å². The summed E-state index contributed by atoms with van der Waals surface area (Å²) in [6, 6.07) is 10.9. The standard InChI is InChI=1S/C21H24ClN3O2/c1-13-6-7-14(2)18(11-13)24-21(27)15(3)23-16-8-9-19(17(22)12-16)25-10-4-5-20(25)26/h6-9,11-12,15,23H,4-5,10H2,1-3H3,(H,24,27). The minimum absolute atomic E-state index is 0.0962. The summed E-state index contributed by atoms with van der Waals surface area (Å²) in [6.07, 6.45) is 1.41. The van der Waals surface area contributed by atoms with Crippen LogP contribution in [0.25, 0.3) is 0 Å².